The minimum atomic E-state index is -0.468. The van der Waals surface area contributed by atoms with Crippen LogP contribution in [0.15, 0.2) is 35.4 Å². The number of aryl methyl sites for hydroxylation is 1. The second kappa shape index (κ2) is 5.58. The van der Waals surface area contributed by atoms with Gasteiger partial charge in [0.25, 0.3) is 5.91 Å². The van der Waals surface area contributed by atoms with E-state index in [1.54, 1.807) is 11.8 Å². The molecule has 0 spiro atoms. The number of benzene rings is 1. The molecule has 1 amide bonds. The zero-order chi connectivity index (χ0) is 15.8. The maximum Gasteiger partial charge on any atom is 0.267 e. The van der Waals surface area contributed by atoms with E-state index in [0.717, 1.165) is 46.1 Å². The van der Waals surface area contributed by atoms with E-state index < -0.39 is 5.91 Å². The minimum Gasteiger partial charge on any atom is -0.364 e. The van der Waals surface area contributed by atoms with Gasteiger partial charge in [0.2, 0.25) is 0 Å². The number of carbonyl (C=O) groups is 1. The van der Waals surface area contributed by atoms with Crippen LogP contribution in [0.3, 0.4) is 0 Å². The van der Waals surface area contributed by atoms with Crippen LogP contribution in [0.4, 0.5) is 0 Å². The molecule has 23 heavy (non-hydrogen) atoms. The quantitative estimate of drug-likeness (QED) is 0.641. The first-order valence-corrected chi connectivity index (χ1v) is 8.34. The summed E-state index contributed by atoms with van der Waals surface area (Å²) in [6.07, 6.45) is 1.54. The number of hydrogen-bond donors (Lipinski definition) is 3. The van der Waals surface area contributed by atoms with Gasteiger partial charge in [0.15, 0.2) is 0 Å². The Morgan fingerprint density at radius 1 is 1.17 bits per heavy atom. The van der Waals surface area contributed by atoms with Crippen LogP contribution in [0.2, 0.25) is 0 Å². The summed E-state index contributed by atoms with van der Waals surface area (Å²) < 4.78 is 0. The molecule has 3 aromatic rings. The number of rotatable bonds is 4. The molecule has 2 aromatic heterocycles. The van der Waals surface area contributed by atoms with Gasteiger partial charge in [-0.2, -0.15) is 10.2 Å². The number of aromatic amines is 2. The number of aromatic nitrogens is 4. The summed E-state index contributed by atoms with van der Waals surface area (Å²) in [4.78, 5) is 11.5. The molecule has 7 heteroatoms. The van der Waals surface area contributed by atoms with Crippen molar-refractivity contribution in [2.24, 2.45) is 5.73 Å². The Hall–Kier alpha value is -2.54. The van der Waals surface area contributed by atoms with E-state index in [0.29, 0.717) is 5.69 Å². The summed E-state index contributed by atoms with van der Waals surface area (Å²) in [5.74, 6) is 0.366. The molecule has 0 aliphatic heterocycles. The molecule has 4 N–H and O–H groups in total. The average Bonchev–Trinajstić information content (AvgIpc) is 3.17. The van der Waals surface area contributed by atoms with Crippen LogP contribution in [0.25, 0.3) is 11.3 Å². The van der Waals surface area contributed by atoms with Crippen molar-refractivity contribution in [3.8, 4) is 11.3 Å². The van der Waals surface area contributed by atoms with Gasteiger partial charge in [-0.3, -0.25) is 15.0 Å². The molecule has 2 heterocycles. The van der Waals surface area contributed by atoms with Crippen molar-refractivity contribution in [1.29, 1.82) is 0 Å². The third-order valence-electron chi connectivity index (χ3n) is 4.00. The van der Waals surface area contributed by atoms with Gasteiger partial charge < -0.3 is 5.73 Å². The Labute approximate surface area is 136 Å². The lowest BCUT2D eigenvalue weighted by atomic mass is 9.94. The van der Waals surface area contributed by atoms with Gasteiger partial charge in [-0.15, -0.1) is 0 Å². The zero-order valence-corrected chi connectivity index (χ0v) is 13.1. The second-order valence-electron chi connectivity index (χ2n) is 5.45. The van der Waals surface area contributed by atoms with E-state index in [9.17, 15) is 4.79 Å². The smallest absolute Gasteiger partial charge is 0.267 e. The van der Waals surface area contributed by atoms with E-state index in [1.807, 2.05) is 18.2 Å². The summed E-state index contributed by atoms with van der Waals surface area (Å²) in [5.41, 5.74) is 10.8. The Balaban J connectivity index is 1.67. The molecular formula is C16H15N5OS. The van der Waals surface area contributed by atoms with Crippen LogP contribution in [0.1, 0.15) is 27.3 Å². The topological polar surface area (TPSA) is 100 Å². The minimum absolute atomic E-state index is 0.408. The fourth-order valence-electron chi connectivity index (χ4n) is 2.88. The molecule has 1 aliphatic rings. The summed E-state index contributed by atoms with van der Waals surface area (Å²) in [6, 6.07) is 10.3. The third kappa shape index (κ3) is 2.43. The lowest BCUT2D eigenvalue weighted by Crippen LogP contribution is -2.15. The normalized spacial score (nSPS) is 12.7. The predicted molar refractivity (Wildman–Crippen MR) is 88.1 cm³/mol. The zero-order valence-electron chi connectivity index (χ0n) is 12.3. The monoisotopic (exact) mass is 325 g/mol. The summed E-state index contributed by atoms with van der Waals surface area (Å²) >= 11 is 1.66. The fraction of sp³-hybridized carbons (Fsp3) is 0.188. The molecule has 0 atom stereocenters. The van der Waals surface area contributed by atoms with Crippen LogP contribution in [0, 0.1) is 0 Å². The van der Waals surface area contributed by atoms with Crippen LogP contribution in [-0.2, 0) is 18.6 Å². The van der Waals surface area contributed by atoms with Gasteiger partial charge >= 0.3 is 0 Å². The number of carbonyl (C=O) groups excluding carboxylic acids is 1. The number of nitrogens with one attached hydrogen (secondary N) is 2. The molecule has 0 radical (unpaired) electrons. The lowest BCUT2D eigenvalue weighted by molar-refractivity contribution is 0.0994. The van der Waals surface area contributed by atoms with Crippen LogP contribution in [-0.4, -0.2) is 26.3 Å². The van der Waals surface area contributed by atoms with E-state index in [4.69, 9.17) is 5.73 Å². The number of hydrogen-bond acceptors (Lipinski definition) is 4. The van der Waals surface area contributed by atoms with Crippen molar-refractivity contribution in [1.82, 2.24) is 20.4 Å². The molecular weight excluding hydrogens is 310 g/mol. The molecule has 0 saturated carbocycles. The van der Waals surface area contributed by atoms with Gasteiger partial charge in [0, 0.05) is 17.0 Å². The first kappa shape index (κ1) is 14.1. The molecule has 116 valence electrons. The Morgan fingerprint density at radius 2 is 2.00 bits per heavy atom. The molecule has 0 fully saturated rings. The Kier molecular flexibility index (Phi) is 3.42. The van der Waals surface area contributed by atoms with Crippen molar-refractivity contribution in [2.45, 2.75) is 23.6 Å². The Bertz CT molecular complexity index is 868. The lowest BCUT2D eigenvalue weighted by Gasteiger charge is -2.12. The molecule has 6 nitrogen and oxygen atoms in total. The van der Waals surface area contributed by atoms with E-state index in [-0.39, 0.29) is 0 Å². The molecule has 0 bridgehead atoms. The molecule has 4 rings (SSSR count). The summed E-state index contributed by atoms with van der Waals surface area (Å²) in [5, 5.41) is 15.5. The van der Waals surface area contributed by atoms with E-state index >= 15 is 0 Å². The predicted octanol–water partition coefficient (Wildman–Crippen LogP) is 2.29. The van der Waals surface area contributed by atoms with Gasteiger partial charge in [0.1, 0.15) is 16.4 Å². The molecule has 0 unspecified atom stereocenters. The number of nitrogens with two attached hydrogens (primary N) is 1. The highest BCUT2D eigenvalue weighted by Gasteiger charge is 2.28. The summed E-state index contributed by atoms with van der Waals surface area (Å²) in [7, 11) is 0. The maximum atomic E-state index is 11.5. The van der Waals surface area contributed by atoms with Crippen molar-refractivity contribution in [2.75, 3.05) is 0 Å². The van der Waals surface area contributed by atoms with Crippen molar-refractivity contribution in [3.05, 3.63) is 52.8 Å². The van der Waals surface area contributed by atoms with E-state index in [2.05, 4.69) is 32.5 Å². The SMILES string of the molecule is NC(=O)c1[nH]nc2c1CCc1[nH]nc(SCc3ccccc3)c1-2. The van der Waals surface area contributed by atoms with Crippen molar-refractivity contribution in [3.63, 3.8) is 0 Å². The Morgan fingerprint density at radius 3 is 2.78 bits per heavy atom. The maximum absolute atomic E-state index is 11.5. The fourth-order valence-corrected chi connectivity index (χ4v) is 3.85. The standard InChI is InChI=1S/C16H15N5OS/c17-15(22)14-10-6-7-11-12(13(10)19-20-14)16(21-18-11)23-8-9-4-2-1-3-5-9/h1-5H,6-8H2,(H2,17,22)(H,18,21)(H,19,20). The number of thioether (sulfide) groups is 1. The number of nitrogens with zero attached hydrogens (tertiary/aromatic N) is 2. The second-order valence-corrected chi connectivity index (χ2v) is 6.41. The van der Waals surface area contributed by atoms with Crippen LogP contribution >= 0.6 is 11.8 Å². The van der Waals surface area contributed by atoms with Crippen LogP contribution < -0.4 is 5.73 Å². The highest BCUT2D eigenvalue weighted by molar-refractivity contribution is 7.98. The number of primary amides is 1. The number of H-pyrrole nitrogens is 2. The average molecular weight is 325 g/mol. The molecule has 1 aliphatic carbocycles. The van der Waals surface area contributed by atoms with Crippen LogP contribution in [0.5, 0.6) is 0 Å². The van der Waals surface area contributed by atoms with Gasteiger partial charge in [0.05, 0.1) is 5.56 Å². The van der Waals surface area contributed by atoms with Gasteiger partial charge in [-0.1, -0.05) is 42.1 Å². The summed E-state index contributed by atoms with van der Waals surface area (Å²) in [6.45, 7) is 0. The number of fused-ring (bicyclic) bond motifs is 3. The van der Waals surface area contributed by atoms with Gasteiger partial charge in [-0.05, 0) is 18.4 Å². The largest absolute Gasteiger partial charge is 0.364 e. The van der Waals surface area contributed by atoms with Crippen molar-refractivity contribution < 1.29 is 4.79 Å². The third-order valence-corrected chi connectivity index (χ3v) is 5.05. The van der Waals surface area contributed by atoms with Crippen molar-refractivity contribution >= 4 is 17.7 Å². The first-order valence-electron chi connectivity index (χ1n) is 7.35. The molecule has 0 saturated heterocycles. The molecule has 1 aromatic carbocycles. The first-order chi connectivity index (χ1) is 11.2. The van der Waals surface area contributed by atoms with E-state index in [1.165, 1.54) is 5.56 Å². The van der Waals surface area contributed by atoms with Gasteiger partial charge in [-0.25, -0.2) is 0 Å². The highest BCUT2D eigenvalue weighted by atomic mass is 32.2. The number of amides is 1. The highest BCUT2D eigenvalue weighted by Crippen LogP contribution is 2.39.